The molecule has 39 heavy (non-hydrogen) atoms. The molecule has 5 aromatic rings. The maximum atomic E-state index is 5.89. The van der Waals surface area contributed by atoms with E-state index >= 15 is 0 Å². The fraction of sp³-hybridized carbons (Fsp3) is 0.286. The Labute approximate surface area is 232 Å². The van der Waals surface area contributed by atoms with Crippen LogP contribution in [-0.2, 0) is 26.2 Å². The average molecular weight is 518 g/mol. The predicted octanol–water partition coefficient (Wildman–Crippen LogP) is 8.49. The third-order valence-corrected chi connectivity index (χ3v) is 7.07. The zero-order valence-electron chi connectivity index (χ0n) is 23.4. The van der Waals surface area contributed by atoms with Crippen molar-refractivity contribution in [3.8, 4) is 17.1 Å². The smallest absolute Gasteiger partial charge is 0.140 e. The van der Waals surface area contributed by atoms with E-state index in [1.165, 1.54) is 33.2 Å². The van der Waals surface area contributed by atoms with Gasteiger partial charge in [0.2, 0.25) is 0 Å². The maximum absolute atomic E-state index is 5.89. The van der Waals surface area contributed by atoms with Crippen LogP contribution in [0.3, 0.4) is 0 Å². The van der Waals surface area contributed by atoms with Gasteiger partial charge < -0.3 is 9.30 Å². The minimum absolute atomic E-state index is 0.168. The number of fused-ring (bicyclic) bond motifs is 1. The number of hydrogen-bond acceptors (Lipinski definition) is 3. The molecular formula is C35H39N3O. The number of benzene rings is 4. The van der Waals surface area contributed by atoms with Crippen LogP contribution in [0.5, 0.6) is 5.75 Å². The second-order valence-corrected chi connectivity index (χ2v) is 10.5. The Hall–Kier alpha value is -3.89. The van der Waals surface area contributed by atoms with Crippen LogP contribution in [0.2, 0.25) is 0 Å². The third-order valence-electron chi connectivity index (χ3n) is 7.07. The monoisotopic (exact) mass is 517 g/mol. The Balaban J connectivity index is 1.47. The highest BCUT2D eigenvalue weighted by atomic mass is 16.5. The Morgan fingerprint density at radius 1 is 0.795 bits per heavy atom. The number of nitrogens with zero attached hydrogens (tertiary/aromatic N) is 3. The van der Waals surface area contributed by atoms with E-state index in [1.54, 1.807) is 0 Å². The Bertz CT molecular complexity index is 1470. The summed E-state index contributed by atoms with van der Waals surface area (Å²) in [6.45, 7) is 9.85. The van der Waals surface area contributed by atoms with Crippen molar-refractivity contribution in [3.05, 3.63) is 120 Å². The summed E-state index contributed by atoms with van der Waals surface area (Å²) in [6, 6.07) is 34.4. The van der Waals surface area contributed by atoms with Crippen LogP contribution in [-0.4, -0.2) is 20.6 Å². The standard InChI is InChI=1S/C35H39N3O/c1-4-5-22-38-32(23-36-35(38)30-13-7-6-8-14-30)26-37(24-28-18-20-33(21-19-28)39-27(2)3)25-31-16-11-15-29-12-9-10-17-34(29)31/h6-21,23,27H,4-5,22,24-26H2,1-3H3. The van der Waals surface area contributed by atoms with Gasteiger partial charge in [0, 0.05) is 31.7 Å². The lowest BCUT2D eigenvalue weighted by molar-refractivity contribution is 0.238. The molecule has 0 atom stereocenters. The summed E-state index contributed by atoms with van der Waals surface area (Å²) < 4.78 is 8.31. The van der Waals surface area contributed by atoms with Gasteiger partial charge in [-0.25, -0.2) is 4.98 Å². The minimum Gasteiger partial charge on any atom is -0.491 e. The highest BCUT2D eigenvalue weighted by molar-refractivity contribution is 5.85. The van der Waals surface area contributed by atoms with Crippen LogP contribution in [0.1, 0.15) is 50.4 Å². The van der Waals surface area contributed by atoms with E-state index in [2.05, 4.69) is 133 Å². The van der Waals surface area contributed by atoms with Crippen LogP contribution in [0.4, 0.5) is 0 Å². The lowest BCUT2D eigenvalue weighted by Gasteiger charge is -2.25. The Kier molecular flexibility index (Phi) is 8.75. The lowest BCUT2D eigenvalue weighted by atomic mass is 10.0. The molecule has 0 aliphatic carbocycles. The van der Waals surface area contributed by atoms with Crippen molar-refractivity contribution in [1.82, 2.24) is 14.5 Å². The Morgan fingerprint density at radius 3 is 2.31 bits per heavy atom. The molecule has 0 saturated heterocycles. The molecule has 0 fully saturated rings. The average Bonchev–Trinajstić information content (AvgIpc) is 3.35. The molecule has 4 heteroatoms. The quantitative estimate of drug-likeness (QED) is 0.166. The van der Waals surface area contributed by atoms with Crippen LogP contribution in [0.15, 0.2) is 103 Å². The number of ether oxygens (including phenoxy) is 1. The van der Waals surface area contributed by atoms with Crippen molar-refractivity contribution in [3.63, 3.8) is 0 Å². The number of rotatable bonds is 12. The molecule has 0 spiro atoms. The van der Waals surface area contributed by atoms with E-state index in [0.717, 1.165) is 50.6 Å². The van der Waals surface area contributed by atoms with Gasteiger partial charge in [-0.15, -0.1) is 0 Å². The summed E-state index contributed by atoms with van der Waals surface area (Å²) in [6.07, 6.45) is 4.52. The molecule has 0 amide bonds. The van der Waals surface area contributed by atoms with Gasteiger partial charge in [0.05, 0.1) is 18.0 Å². The number of unbranched alkanes of at least 4 members (excludes halogenated alkanes) is 1. The SMILES string of the molecule is CCCCn1c(CN(Cc2ccc(OC(C)C)cc2)Cc2cccc3ccccc23)cnc1-c1ccccc1. The van der Waals surface area contributed by atoms with Gasteiger partial charge in [0.25, 0.3) is 0 Å². The highest BCUT2D eigenvalue weighted by Gasteiger charge is 2.17. The summed E-state index contributed by atoms with van der Waals surface area (Å²) >= 11 is 0. The van der Waals surface area contributed by atoms with Crippen molar-refractivity contribution < 1.29 is 4.74 Å². The zero-order chi connectivity index (χ0) is 27.0. The third kappa shape index (κ3) is 6.76. The summed E-state index contributed by atoms with van der Waals surface area (Å²) in [7, 11) is 0. The molecule has 4 nitrogen and oxygen atoms in total. The predicted molar refractivity (Wildman–Crippen MR) is 162 cm³/mol. The van der Waals surface area contributed by atoms with Gasteiger partial charge in [0.15, 0.2) is 0 Å². The molecular weight excluding hydrogens is 478 g/mol. The molecule has 0 unspecified atom stereocenters. The van der Waals surface area contributed by atoms with Crippen molar-refractivity contribution in [2.24, 2.45) is 0 Å². The van der Waals surface area contributed by atoms with Crippen LogP contribution < -0.4 is 4.74 Å². The summed E-state index contributed by atoms with van der Waals surface area (Å²) in [5, 5.41) is 2.60. The molecule has 0 aliphatic rings. The van der Waals surface area contributed by atoms with Crippen LogP contribution in [0, 0.1) is 0 Å². The molecule has 1 heterocycles. The van der Waals surface area contributed by atoms with Gasteiger partial charge in [-0.3, -0.25) is 4.90 Å². The molecule has 0 N–H and O–H groups in total. The van der Waals surface area contributed by atoms with Crippen LogP contribution in [0.25, 0.3) is 22.2 Å². The van der Waals surface area contributed by atoms with Crippen molar-refractivity contribution in [2.45, 2.75) is 65.9 Å². The largest absolute Gasteiger partial charge is 0.491 e. The second kappa shape index (κ2) is 12.8. The maximum Gasteiger partial charge on any atom is 0.140 e. The van der Waals surface area contributed by atoms with Gasteiger partial charge >= 0.3 is 0 Å². The normalized spacial score (nSPS) is 11.5. The van der Waals surface area contributed by atoms with Gasteiger partial charge in [0.1, 0.15) is 11.6 Å². The van der Waals surface area contributed by atoms with Gasteiger partial charge in [-0.2, -0.15) is 0 Å². The molecule has 1 aromatic heterocycles. The first-order valence-corrected chi connectivity index (χ1v) is 14.1. The molecule has 0 bridgehead atoms. The minimum atomic E-state index is 0.168. The van der Waals surface area contributed by atoms with Gasteiger partial charge in [-0.1, -0.05) is 98.3 Å². The molecule has 200 valence electrons. The van der Waals surface area contributed by atoms with E-state index in [4.69, 9.17) is 9.72 Å². The number of hydrogen-bond donors (Lipinski definition) is 0. The van der Waals surface area contributed by atoms with Crippen molar-refractivity contribution >= 4 is 10.8 Å². The second-order valence-electron chi connectivity index (χ2n) is 10.5. The molecule has 0 saturated carbocycles. The first kappa shape index (κ1) is 26.7. The van der Waals surface area contributed by atoms with E-state index in [-0.39, 0.29) is 6.10 Å². The fourth-order valence-corrected chi connectivity index (χ4v) is 5.19. The van der Waals surface area contributed by atoms with E-state index in [1.807, 2.05) is 0 Å². The molecule has 0 aliphatic heterocycles. The summed E-state index contributed by atoms with van der Waals surface area (Å²) in [5.74, 6) is 1.97. The van der Waals surface area contributed by atoms with Crippen molar-refractivity contribution in [2.75, 3.05) is 0 Å². The number of imidazole rings is 1. The number of aromatic nitrogens is 2. The zero-order valence-corrected chi connectivity index (χ0v) is 23.4. The van der Waals surface area contributed by atoms with E-state index in [9.17, 15) is 0 Å². The highest BCUT2D eigenvalue weighted by Crippen LogP contribution is 2.25. The molecule has 0 radical (unpaired) electrons. The first-order chi connectivity index (χ1) is 19.1. The first-order valence-electron chi connectivity index (χ1n) is 14.1. The topological polar surface area (TPSA) is 30.3 Å². The fourth-order valence-electron chi connectivity index (χ4n) is 5.19. The molecule has 4 aromatic carbocycles. The van der Waals surface area contributed by atoms with Gasteiger partial charge in [-0.05, 0) is 54.3 Å². The van der Waals surface area contributed by atoms with Crippen molar-refractivity contribution in [1.29, 1.82) is 0 Å². The lowest BCUT2D eigenvalue weighted by Crippen LogP contribution is -2.24. The molecule has 5 rings (SSSR count). The van der Waals surface area contributed by atoms with Crippen LogP contribution >= 0.6 is 0 Å². The summed E-state index contributed by atoms with van der Waals surface area (Å²) in [4.78, 5) is 7.45. The van der Waals surface area contributed by atoms with E-state index in [0.29, 0.717) is 0 Å². The van der Waals surface area contributed by atoms with E-state index < -0.39 is 0 Å². The Morgan fingerprint density at radius 2 is 1.54 bits per heavy atom. The summed E-state index contributed by atoms with van der Waals surface area (Å²) in [5.41, 5.74) is 5.04.